The van der Waals surface area contributed by atoms with Crippen LogP contribution in [0.4, 0.5) is 0 Å². The molecule has 7 heteroatoms. The molecule has 27 heavy (non-hydrogen) atoms. The number of aromatic nitrogens is 1. The van der Waals surface area contributed by atoms with Crippen molar-refractivity contribution in [3.63, 3.8) is 0 Å². The monoisotopic (exact) mass is 385 g/mol. The number of pyridine rings is 1. The third-order valence-corrected chi connectivity index (χ3v) is 5.64. The molecule has 2 fully saturated rings. The second kappa shape index (κ2) is 7.29. The van der Waals surface area contributed by atoms with Gasteiger partial charge in [-0.15, -0.1) is 11.6 Å². The van der Waals surface area contributed by atoms with Crippen LogP contribution in [-0.2, 0) is 4.74 Å². The van der Waals surface area contributed by atoms with Crippen LogP contribution in [0.15, 0.2) is 42.5 Å². The molecule has 1 saturated heterocycles. The van der Waals surface area contributed by atoms with Crippen LogP contribution in [0.5, 0.6) is 0 Å². The fraction of sp³-hybridized carbons (Fsp3) is 0.350. The van der Waals surface area contributed by atoms with E-state index in [1.807, 2.05) is 30.3 Å². The molecule has 1 aromatic heterocycles. The lowest BCUT2D eigenvalue weighted by molar-refractivity contribution is 0.0928. The number of alkyl halides is 1. The predicted molar refractivity (Wildman–Crippen MR) is 101 cm³/mol. The first kappa shape index (κ1) is 17.9. The van der Waals surface area contributed by atoms with Crippen molar-refractivity contribution in [2.45, 2.75) is 11.4 Å². The lowest BCUT2D eigenvalue weighted by Gasteiger charge is -2.14. The van der Waals surface area contributed by atoms with Gasteiger partial charge in [-0.05, 0) is 17.7 Å². The Kier molecular flexibility index (Phi) is 4.85. The third kappa shape index (κ3) is 3.55. The maximum absolute atomic E-state index is 12.7. The summed E-state index contributed by atoms with van der Waals surface area (Å²) < 4.78 is 5.36. The first-order chi connectivity index (χ1) is 13.1. The van der Waals surface area contributed by atoms with Gasteiger partial charge in [-0.25, -0.2) is 4.98 Å². The number of carbonyl (C=O) groups is 2. The van der Waals surface area contributed by atoms with E-state index < -0.39 is 5.38 Å². The highest BCUT2D eigenvalue weighted by molar-refractivity contribution is 6.22. The fourth-order valence-corrected chi connectivity index (χ4v) is 3.80. The molecule has 140 valence electrons. The van der Waals surface area contributed by atoms with Gasteiger partial charge >= 0.3 is 0 Å². The number of nitrogens with one attached hydrogen (secondary N) is 2. The zero-order chi connectivity index (χ0) is 19.0. The average Bonchev–Trinajstić information content (AvgIpc) is 3.13. The standard InChI is InChI=1S/C20H20ClN3O3/c1-22-20(26)16-8-12(19(25)24-18-13-9-27-10-14(13)18)7-15(23-16)17(21)11-5-3-2-4-6-11/h2-8,13-14,17-18H,9-10H2,1H3,(H,22,26)(H,24,25)/t13-,14+,17?,18?. The van der Waals surface area contributed by atoms with Gasteiger partial charge in [-0.3, -0.25) is 9.59 Å². The van der Waals surface area contributed by atoms with Crippen LogP contribution < -0.4 is 10.6 Å². The Bertz CT molecular complexity index is 864. The van der Waals surface area contributed by atoms with E-state index in [1.165, 1.54) is 13.1 Å². The van der Waals surface area contributed by atoms with Gasteiger partial charge in [0.25, 0.3) is 11.8 Å². The highest BCUT2D eigenvalue weighted by Crippen LogP contribution is 2.44. The SMILES string of the molecule is CNC(=O)c1cc(C(=O)NC2[C@H]3COC[C@@H]23)cc(C(Cl)c2ccccc2)n1. The highest BCUT2D eigenvalue weighted by atomic mass is 35.5. The summed E-state index contributed by atoms with van der Waals surface area (Å²) in [5, 5.41) is 5.03. The van der Waals surface area contributed by atoms with Gasteiger partial charge in [0, 0.05) is 30.5 Å². The molecule has 2 heterocycles. The normalized spacial score (nSPS) is 24.0. The summed E-state index contributed by atoms with van der Waals surface area (Å²) in [6.07, 6.45) is 0. The Hall–Kier alpha value is -2.44. The van der Waals surface area contributed by atoms with Crippen molar-refractivity contribution in [1.29, 1.82) is 0 Å². The van der Waals surface area contributed by atoms with E-state index in [4.69, 9.17) is 16.3 Å². The zero-order valence-electron chi connectivity index (χ0n) is 14.8. The fourth-order valence-electron chi connectivity index (χ4n) is 3.54. The molecule has 0 radical (unpaired) electrons. The van der Waals surface area contributed by atoms with Crippen LogP contribution in [0.2, 0.25) is 0 Å². The molecule has 4 atom stereocenters. The van der Waals surface area contributed by atoms with Crippen LogP contribution >= 0.6 is 11.6 Å². The van der Waals surface area contributed by atoms with E-state index in [1.54, 1.807) is 6.07 Å². The van der Waals surface area contributed by atoms with Crippen LogP contribution in [0.3, 0.4) is 0 Å². The van der Waals surface area contributed by atoms with Gasteiger partial charge in [0.2, 0.25) is 0 Å². The first-order valence-corrected chi connectivity index (χ1v) is 9.34. The van der Waals surface area contributed by atoms with Crippen molar-refractivity contribution in [2.24, 2.45) is 11.8 Å². The maximum Gasteiger partial charge on any atom is 0.269 e. The number of hydrogen-bond acceptors (Lipinski definition) is 4. The molecule has 1 aromatic carbocycles. The molecule has 6 nitrogen and oxygen atoms in total. The van der Waals surface area contributed by atoms with E-state index in [-0.39, 0.29) is 23.6 Å². The van der Waals surface area contributed by atoms with Crippen molar-refractivity contribution in [3.05, 3.63) is 65.0 Å². The summed E-state index contributed by atoms with van der Waals surface area (Å²) in [7, 11) is 1.52. The largest absolute Gasteiger partial charge is 0.381 e. The Morgan fingerprint density at radius 1 is 1.15 bits per heavy atom. The second-order valence-corrected chi connectivity index (χ2v) is 7.32. The number of fused-ring (bicyclic) bond motifs is 1. The Labute approximate surface area is 162 Å². The molecular weight excluding hydrogens is 366 g/mol. The molecule has 2 unspecified atom stereocenters. The molecule has 2 aliphatic rings. The second-order valence-electron chi connectivity index (χ2n) is 6.88. The summed E-state index contributed by atoms with van der Waals surface area (Å²) in [5.41, 5.74) is 1.86. The maximum atomic E-state index is 12.7. The summed E-state index contributed by atoms with van der Waals surface area (Å²) >= 11 is 6.58. The van der Waals surface area contributed by atoms with Crippen LogP contribution in [-0.4, -0.2) is 43.1 Å². The third-order valence-electron chi connectivity index (χ3n) is 5.17. The summed E-state index contributed by atoms with van der Waals surface area (Å²) in [4.78, 5) is 29.2. The molecule has 2 amide bonds. The molecular formula is C20H20ClN3O3. The Balaban J connectivity index is 1.62. The molecule has 1 aliphatic heterocycles. The molecule has 2 aromatic rings. The van der Waals surface area contributed by atoms with Gasteiger partial charge in [0.1, 0.15) is 11.1 Å². The van der Waals surface area contributed by atoms with E-state index in [2.05, 4.69) is 15.6 Å². The van der Waals surface area contributed by atoms with Crippen molar-refractivity contribution in [1.82, 2.24) is 15.6 Å². The number of carbonyl (C=O) groups excluding carboxylic acids is 2. The average molecular weight is 386 g/mol. The quantitative estimate of drug-likeness (QED) is 0.773. The summed E-state index contributed by atoms with van der Waals surface area (Å²) in [6.45, 7) is 1.39. The van der Waals surface area contributed by atoms with Gasteiger partial charge < -0.3 is 15.4 Å². The van der Waals surface area contributed by atoms with E-state index in [0.29, 0.717) is 36.3 Å². The smallest absolute Gasteiger partial charge is 0.269 e. The molecule has 4 rings (SSSR count). The topological polar surface area (TPSA) is 80.3 Å². The minimum Gasteiger partial charge on any atom is -0.381 e. The highest BCUT2D eigenvalue weighted by Gasteiger charge is 2.54. The lowest BCUT2D eigenvalue weighted by Crippen LogP contribution is -2.30. The van der Waals surface area contributed by atoms with Gasteiger partial charge in [-0.2, -0.15) is 0 Å². The van der Waals surface area contributed by atoms with Gasteiger partial charge in [0.05, 0.1) is 18.9 Å². The van der Waals surface area contributed by atoms with E-state index in [0.717, 1.165) is 5.56 Å². The summed E-state index contributed by atoms with van der Waals surface area (Å²) in [5.74, 6) is 0.220. The number of amides is 2. The number of rotatable bonds is 5. The number of nitrogens with zero attached hydrogens (tertiary/aromatic N) is 1. The molecule has 0 bridgehead atoms. The molecule has 1 aliphatic carbocycles. The predicted octanol–water partition coefficient (Wildman–Crippen LogP) is 2.14. The lowest BCUT2D eigenvalue weighted by atomic mass is 10.1. The summed E-state index contributed by atoms with van der Waals surface area (Å²) in [6, 6.07) is 12.7. The van der Waals surface area contributed by atoms with Crippen LogP contribution in [0, 0.1) is 11.8 Å². The number of halogens is 1. The van der Waals surface area contributed by atoms with E-state index in [9.17, 15) is 9.59 Å². The van der Waals surface area contributed by atoms with Crippen molar-refractivity contribution >= 4 is 23.4 Å². The number of ether oxygens (including phenoxy) is 1. The minimum atomic E-state index is -0.559. The Morgan fingerprint density at radius 2 is 1.85 bits per heavy atom. The van der Waals surface area contributed by atoms with Crippen molar-refractivity contribution < 1.29 is 14.3 Å². The molecule has 0 spiro atoms. The number of benzene rings is 1. The Morgan fingerprint density at radius 3 is 2.52 bits per heavy atom. The van der Waals surface area contributed by atoms with E-state index >= 15 is 0 Å². The van der Waals surface area contributed by atoms with Gasteiger partial charge in [0.15, 0.2) is 0 Å². The van der Waals surface area contributed by atoms with Crippen molar-refractivity contribution in [3.8, 4) is 0 Å². The zero-order valence-corrected chi connectivity index (χ0v) is 15.6. The van der Waals surface area contributed by atoms with Gasteiger partial charge in [-0.1, -0.05) is 30.3 Å². The number of hydrogen-bond donors (Lipinski definition) is 2. The molecule has 1 saturated carbocycles. The van der Waals surface area contributed by atoms with Crippen LogP contribution in [0.1, 0.15) is 37.5 Å². The minimum absolute atomic E-state index is 0.146. The van der Waals surface area contributed by atoms with Crippen molar-refractivity contribution in [2.75, 3.05) is 20.3 Å². The van der Waals surface area contributed by atoms with Crippen LogP contribution in [0.25, 0.3) is 0 Å². The first-order valence-electron chi connectivity index (χ1n) is 8.90. The molecule has 2 N–H and O–H groups in total.